The van der Waals surface area contributed by atoms with Crippen LogP contribution in [0.5, 0.6) is 5.75 Å². The first-order valence-corrected chi connectivity index (χ1v) is 14.0. The molecule has 1 aliphatic carbocycles. The first kappa shape index (κ1) is 28.2. The minimum atomic E-state index is -1.12. The average molecular weight is 544 g/mol. The lowest BCUT2D eigenvalue weighted by atomic mass is 9.87. The van der Waals surface area contributed by atoms with Crippen LogP contribution in [0.2, 0.25) is 0 Å². The van der Waals surface area contributed by atoms with Crippen molar-refractivity contribution in [1.82, 2.24) is 0 Å². The molecule has 0 saturated heterocycles. The maximum atomic E-state index is 13.1. The second kappa shape index (κ2) is 12.8. The molecule has 0 bridgehead atoms. The van der Waals surface area contributed by atoms with E-state index in [2.05, 4.69) is 36.2 Å². The number of hydrogen-bond acceptors (Lipinski definition) is 6. The van der Waals surface area contributed by atoms with Gasteiger partial charge in [-0.25, -0.2) is 4.79 Å². The van der Waals surface area contributed by atoms with Crippen LogP contribution in [0.3, 0.4) is 0 Å². The van der Waals surface area contributed by atoms with Crippen molar-refractivity contribution in [2.75, 3.05) is 0 Å². The zero-order valence-electron chi connectivity index (χ0n) is 22.3. The molecule has 2 N–H and O–H groups in total. The maximum absolute atomic E-state index is 13.1. The highest BCUT2D eigenvalue weighted by Gasteiger charge is 2.25. The fourth-order valence-electron chi connectivity index (χ4n) is 5.36. The van der Waals surface area contributed by atoms with E-state index in [9.17, 15) is 19.8 Å². The summed E-state index contributed by atoms with van der Waals surface area (Å²) in [5.74, 6) is -0.0643. The number of aromatic hydroxyl groups is 1. The van der Waals surface area contributed by atoms with Gasteiger partial charge in [-0.15, -0.1) is 0 Å². The van der Waals surface area contributed by atoms with Crippen LogP contribution in [-0.4, -0.2) is 21.3 Å². The Balaban J connectivity index is 1.84. The largest absolute Gasteiger partial charge is 0.508 e. The van der Waals surface area contributed by atoms with E-state index in [1.54, 1.807) is 24.3 Å². The number of phenolic OH excluding ortho intramolecular Hbond substituents is 1. The SMILES string of the molecule is CCCCCC(CC)CCCc1c2oc3cc(O)ccc3c(-c3ccc(N=C=S)cc3C(=O)O)c-2ccc1=O. The number of isothiocyanates is 1. The Kier molecular flexibility index (Phi) is 9.28. The van der Waals surface area contributed by atoms with Crippen LogP contribution in [0.4, 0.5) is 5.69 Å². The number of nitrogens with zero attached hydrogens (tertiary/aromatic N) is 1. The van der Waals surface area contributed by atoms with E-state index in [0.29, 0.717) is 57.0 Å². The molecule has 0 spiro atoms. The van der Waals surface area contributed by atoms with E-state index in [1.165, 1.54) is 49.9 Å². The molecule has 202 valence electrons. The lowest BCUT2D eigenvalue weighted by Crippen LogP contribution is -2.12. The van der Waals surface area contributed by atoms with Crippen molar-refractivity contribution < 1.29 is 19.4 Å². The van der Waals surface area contributed by atoms with Gasteiger partial charge < -0.3 is 14.6 Å². The number of aromatic carboxylic acids is 1. The van der Waals surface area contributed by atoms with Gasteiger partial charge in [-0.2, -0.15) is 4.99 Å². The van der Waals surface area contributed by atoms with Crippen LogP contribution >= 0.6 is 12.2 Å². The molecule has 1 heterocycles. The van der Waals surface area contributed by atoms with Gasteiger partial charge in [0.1, 0.15) is 17.1 Å². The molecule has 2 aromatic carbocycles. The first-order chi connectivity index (χ1) is 18.9. The molecule has 0 amide bonds. The summed E-state index contributed by atoms with van der Waals surface area (Å²) in [6, 6.07) is 12.8. The van der Waals surface area contributed by atoms with Crippen LogP contribution in [0.1, 0.15) is 74.7 Å². The molecule has 39 heavy (non-hydrogen) atoms. The fourth-order valence-corrected chi connectivity index (χ4v) is 5.47. The Bertz CT molecular complexity index is 1570. The van der Waals surface area contributed by atoms with Crippen molar-refractivity contribution >= 4 is 40.0 Å². The molecule has 0 radical (unpaired) electrons. The maximum Gasteiger partial charge on any atom is 0.336 e. The molecule has 6 nitrogen and oxygen atoms in total. The summed E-state index contributed by atoms with van der Waals surface area (Å²) in [6.45, 7) is 4.43. The Morgan fingerprint density at radius 1 is 1.03 bits per heavy atom. The Morgan fingerprint density at radius 3 is 2.51 bits per heavy atom. The quantitative estimate of drug-likeness (QED) is 0.0803. The minimum Gasteiger partial charge on any atom is -0.508 e. The van der Waals surface area contributed by atoms with Gasteiger partial charge in [0.05, 0.1) is 16.4 Å². The lowest BCUT2D eigenvalue weighted by molar-refractivity contribution is 0.0697. The van der Waals surface area contributed by atoms with Gasteiger partial charge in [-0.05, 0) is 72.9 Å². The molecule has 1 atom stereocenters. The number of unbranched alkanes of at least 4 members (excludes halogenated alkanes) is 2. The monoisotopic (exact) mass is 543 g/mol. The molecular weight excluding hydrogens is 510 g/mol. The number of carboxylic acid groups (broad SMARTS) is 1. The predicted molar refractivity (Wildman–Crippen MR) is 159 cm³/mol. The van der Waals surface area contributed by atoms with Gasteiger partial charge in [0.2, 0.25) is 0 Å². The van der Waals surface area contributed by atoms with Gasteiger partial charge in [0, 0.05) is 28.1 Å². The summed E-state index contributed by atoms with van der Waals surface area (Å²) < 4.78 is 6.28. The van der Waals surface area contributed by atoms with Crippen molar-refractivity contribution in [3.8, 4) is 28.2 Å². The van der Waals surface area contributed by atoms with Crippen molar-refractivity contribution in [1.29, 1.82) is 0 Å². The van der Waals surface area contributed by atoms with Crippen LogP contribution in [-0.2, 0) is 6.42 Å². The third-order valence-corrected chi connectivity index (χ3v) is 7.53. The third kappa shape index (κ3) is 6.27. The lowest BCUT2D eigenvalue weighted by Gasteiger charge is -2.19. The van der Waals surface area contributed by atoms with Crippen LogP contribution < -0.4 is 5.43 Å². The number of thiocarbonyl (C=S) groups is 1. The summed E-state index contributed by atoms with van der Waals surface area (Å²) in [5, 5.41) is 23.2. The van der Waals surface area contributed by atoms with Crippen LogP contribution in [0.15, 0.2) is 62.7 Å². The smallest absolute Gasteiger partial charge is 0.336 e. The van der Waals surface area contributed by atoms with E-state index in [4.69, 9.17) is 4.42 Å². The summed E-state index contributed by atoms with van der Waals surface area (Å²) >= 11 is 4.69. The van der Waals surface area contributed by atoms with E-state index in [-0.39, 0.29) is 16.7 Å². The molecule has 0 aromatic heterocycles. The molecule has 0 fully saturated rings. The van der Waals surface area contributed by atoms with Gasteiger partial charge >= 0.3 is 5.97 Å². The zero-order valence-corrected chi connectivity index (χ0v) is 23.1. The fraction of sp³-hybridized carbons (Fsp3) is 0.344. The summed E-state index contributed by atoms with van der Waals surface area (Å²) in [6.07, 6.45) is 8.42. The molecule has 1 unspecified atom stereocenters. The molecule has 0 saturated carbocycles. The van der Waals surface area contributed by atoms with E-state index >= 15 is 0 Å². The molecule has 4 rings (SSSR count). The Hall–Kier alpha value is -3.80. The highest BCUT2D eigenvalue weighted by atomic mass is 32.1. The number of hydrogen-bond donors (Lipinski definition) is 2. The van der Waals surface area contributed by atoms with Crippen molar-refractivity contribution in [3.63, 3.8) is 0 Å². The summed E-state index contributed by atoms with van der Waals surface area (Å²) in [7, 11) is 0. The molecular formula is C32H33NO5S. The van der Waals surface area contributed by atoms with Crippen molar-refractivity contribution in [2.24, 2.45) is 10.9 Å². The standard InChI is InChI=1S/C32H33NO5S/c1-3-5-6-8-20(4-2)9-7-10-24-28(35)16-15-26-30(25-14-12-22(34)18-29(25)38-31(24)26)23-13-11-21(33-19-39)17-27(23)32(36)37/h11-18,20,34H,3-10H2,1-2H3,(H,36,37). The number of benzene rings is 3. The van der Waals surface area contributed by atoms with Crippen molar-refractivity contribution in [2.45, 2.75) is 65.2 Å². The molecule has 7 heteroatoms. The first-order valence-electron chi connectivity index (χ1n) is 13.5. The molecule has 2 aromatic rings. The topological polar surface area (TPSA) is 100 Å². The summed E-state index contributed by atoms with van der Waals surface area (Å²) in [4.78, 5) is 29.4. The number of rotatable bonds is 12. The predicted octanol–water partition coefficient (Wildman–Crippen LogP) is 8.63. The van der Waals surface area contributed by atoms with Crippen LogP contribution in [0, 0.1) is 5.92 Å². The number of aliphatic imine (C=N–C) groups is 1. The number of carbonyl (C=O) groups is 1. The Morgan fingerprint density at radius 2 is 1.79 bits per heavy atom. The van der Waals surface area contributed by atoms with E-state index in [1.807, 2.05) is 0 Å². The number of phenols is 1. The van der Waals surface area contributed by atoms with E-state index < -0.39 is 5.97 Å². The highest BCUT2D eigenvalue weighted by Crippen LogP contribution is 2.44. The minimum absolute atomic E-state index is 0.0124. The Labute approximate surface area is 233 Å². The van der Waals surface area contributed by atoms with Gasteiger partial charge in [0.25, 0.3) is 0 Å². The van der Waals surface area contributed by atoms with Gasteiger partial charge in [0.15, 0.2) is 5.43 Å². The number of fused-ring (bicyclic) bond motifs is 2. The molecule has 2 aliphatic rings. The molecule has 1 aliphatic heterocycles. The van der Waals surface area contributed by atoms with Gasteiger partial charge in [-0.1, -0.05) is 58.4 Å². The summed E-state index contributed by atoms with van der Waals surface area (Å²) in [5.41, 5.74) is 2.96. The van der Waals surface area contributed by atoms with E-state index in [0.717, 1.165) is 19.3 Å². The van der Waals surface area contributed by atoms with Crippen molar-refractivity contribution in [3.05, 3.63) is 69.9 Å². The second-order valence-electron chi connectivity index (χ2n) is 9.98. The normalized spacial score (nSPS) is 11.9. The van der Waals surface area contributed by atoms with Gasteiger partial charge in [-0.3, -0.25) is 4.79 Å². The van der Waals surface area contributed by atoms with Crippen LogP contribution in [0.25, 0.3) is 33.4 Å². The zero-order chi connectivity index (χ0) is 27.9. The highest BCUT2D eigenvalue weighted by molar-refractivity contribution is 7.78. The number of carboxylic acids is 1. The third-order valence-electron chi connectivity index (χ3n) is 7.44. The second-order valence-corrected chi connectivity index (χ2v) is 10.2. The average Bonchev–Trinajstić information content (AvgIpc) is 2.92.